The lowest BCUT2D eigenvalue weighted by Crippen LogP contribution is -2.14. The van der Waals surface area contributed by atoms with Crippen molar-refractivity contribution in [3.63, 3.8) is 0 Å². The van der Waals surface area contributed by atoms with Crippen molar-refractivity contribution < 1.29 is 26.3 Å². The quantitative estimate of drug-likeness (QED) is 0.167. The highest BCUT2D eigenvalue weighted by molar-refractivity contribution is 6.12. The maximum absolute atomic E-state index is 15.1. The van der Waals surface area contributed by atoms with Gasteiger partial charge in [0.25, 0.3) is 0 Å². The molecule has 0 aliphatic carbocycles. The Balaban J connectivity index is 1.68. The number of hydrogen-bond donors (Lipinski definition) is 0. The van der Waals surface area contributed by atoms with Crippen molar-refractivity contribution in [1.82, 2.24) is 9.13 Å². The predicted octanol–water partition coefficient (Wildman–Crippen LogP) is 12.5. The molecule has 244 valence electrons. The van der Waals surface area contributed by atoms with Gasteiger partial charge in [-0.3, -0.25) is 0 Å². The van der Waals surface area contributed by atoms with Gasteiger partial charge in [0.1, 0.15) is 0 Å². The molecular weight excluding hydrogens is 634 g/mol. The molecule has 0 spiro atoms. The number of para-hydroxylation sites is 2. The van der Waals surface area contributed by atoms with Crippen molar-refractivity contribution in [3.8, 4) is 22.5 Å². The van der Waals surface area contributed by atoms with Crippen LogP contribution in [0.15, 0.2) is 115 Å². The molecule has 8 rings (SSSR count). The van der Waals surface area contributed by atoms with E-state index in [1.54, 1.807) is 46.4 Å². The Kier molecular flexibility index (Phi) is 6.76. The Bertz CT molecular complexity index is 2480. The van der Waals surface area contributed by atoms with E-state index in [0.717, 1.165) is 50.9 Å². The number of halogens is 6. The Hall–Kier alpha value is -5.50. The van der Waals surface area contributed by atoms with Gasteiger partial charge in [0.2, 0.25) is 0 Å². The van der Waals surface area contributed by atoms with Crippen LogP contribution < -0.4 is 0 Å². The molecule has 8 heteroatoms. The van der Waals surface area contributed by atoms with Crippen molar-refractivity contribution in [2.75, 3.05) is 0 Å². The Morgan fingerprint density at radius 2 is 0.898 bits per heavy atom. The van der Waals surface area contributed by atoms with E-state index >= 15 is 26.3 Å². The molecule has 0 amide bonds. The Morgan fingerprint density at radius 1 is 0.429 bits per heavy atom. The van der Waals surface area contributed by atoms with Crippen molar-refractivity contribution in [3.05, 3.63) is 143 Å². The Morgan fingerprint density at radius 3 is 1.37 bits per heavy atom. The molecule has 0 bridgehead atoms. The molecule has 0 atom stereocenters. The number of hydrogen-bond acceptors (Lipinski definition) is 0. The standard InChI is InChI=1S/C41H28F6N2/c1-23-15-17-29-27-10-4-6-13-32(27)48(34(29)19-23)36-21-26(40(42,43)44)22-37(39(36)38-25(3)9-8-12-31(38)41(45,46)47)49-33-14-7-5-11-28(33)30-18-16-24(2)20-35(30)49/h4-22H,1-3H3. The van der Waals surface area contributed by atoms with Crippen LogP contribution in [0.4, 0.5) is 26.3 Å². The van der Waals surface area contributed by atoms with E-state index in [4.69, 9.17) is 0 Å². The van der Waals surface area contributed by atoms with E-state index < -0.39 is 23.5 Å². The second-order valence-electron chi connectivity index (χ2n) is 12.6. The van der Waals surface area contributed by atoms with E-state index in [1.807, 2.05) is 74.5 Å². The number of fused-ring (bicyclic) bond motifs is 6. The number of aromatic nitrogens is 2. The molecule has 0 saturated carbocycles. The molecule has 0 unspecified atom stereocenters. The molecular formula is C41H28F6N2. The second kappa shape index (κ2) is 10.8. The lowest BCUT2D eigenvalue weighted by atomic mass is 9.90. The van der Waals surface area contributed by atoms with Gasteiger partial charge in [-0.05, 0) is 79.9 Å². The third-order valence-electron chi connectivity index (χ3n) is 9.39. The van der Waals surface area contributed by atoms with Crippen molar-refractivity contribution in [2.24, 2.45) is 0 Å². The smallest absolute Gasteiger partial charge is 0.309 e. The molecule has 2 aromatic heterocycles. The van der Waals surface area contributed by atoms with Gasteiger partial charge in [0.05, 0.1) is 44.6 Å². The minimum Gasteiger partial charge on any atom is -0.309 e. The fourth-order valence-corrected chi connectivity index (χ4v) is 7.30. The summed E-state index contributed by atoms with van der Waals surface area (Å²) < 4.78 is 93.8. The highest BCUT2D eigenvalue weighted by Gasteiger charge is 2.38. The van der Waals surface area contributed by atoms with Crippen LogP contribution in [0.25, 0.3) is 66.1 Å². The van der Waals surface area contributed by atoms with E-state index in [1.165, 1.54) is 6.07 Å². The van der Waals surface area contributed by atoms with Crippen LogP contribution in [0.3, 0.4) is 0 Å². The third-order valence-corrected chi connectivity index (χ3v) is 9.39. The van der Waals surface area contributed by atoms with Crippen molar-refractivity contribution in [2.45, 2.75) is 33.1 Å². The third kappa shape index (κ3) is 4.80. The summed E-state index contributed by atoms with van der Waals surface area (Å²) in [4.78, 5) is 0. The van der Waals surface area contributed by atoms with E-state index in [9.17, 15) is 0 Å². The number of aryl methyl sites for hydroxylation is 3. The molecule has 2 nitrogen and oxygen atoms in total. The van der Waals surface area contributed by atoms with Gasteiger partial charge in [-0.15, -0.1) is 0 Å². The van der Waals surface area contributed by atoms with Gasteiger partial charge < -0.3 is 9.13 Å². The average molecular weight is 663 g/mol. The first-order chi connectivity index (χ1) is 23.3. The zero-order valence-electron chi connectivity index (χ0n) is 26.6. The van der Waals surface area contributed by atoms with Crippen LogP contribution in [0, 0.1) is 20.8 Å². The summed E-state index contributed by atoms with van der Waals surface area (Å²) in [7, 11) is 0. The summed E-state index contributed by atoms with van der Waals surface area (Å²) >= 11 is 0. The molecule has 0 radical (unpaired) electrons. The van der Waals surface area contributed by atoms with Crippen LogP contribution in [0.2, 0.25) is 0 Å². The fraction of sp³-hybridized carbons (Fsp3) is 0.122. The highest BCUT2D eigenvalue weighted by atomic mass is 19.4. The normalized spacial score (nSPS) is 12.6. The van der Waals surface area contributed by atoms with Gasteiger partial charge in [0, 0.05) is 32.7 Å². The molecule has 0 aliphatic heterocycles. The van der Waals surface area contributed by atoms with Crippen LogP contribution >= 0.6 is 0 Å². The van der Waals surface area contributed by atoms with E-state index in [0.29, 0.717) is 22.1 Å². The molecule has 0 saturated heterocycles. The molecule has 8 aromatic rings. The molecule has 0 N–H and O–H groups in total. The summed E-state index contributed by atoms with van der Waals surface area (Å²) in [6.07, 6.45) is -9.61. The predicted molar refractivity (Wildman–Crippen MR) is 185 cm³/mol. The number of rotatable bonds is 3. The largest absolute Gasteiger partial charge is 0.417 e. The van der Waals surface area contributed by atoms with Gasteiger partial charge in [-0.1, -0.05) is 72.8 Å². The average Bonchev–Trinajstić information content (AvgIpc) is 3.55. The molecule has 6 aromatic carbocycles. The summed E-state index contributed by atoms with van der Waals surface area (Å²) in [5, 5.41) is 3.10. The minimum atomic E-state index is -4.82. The first-order valence-corrected chi connectivity index (χ1v) is 15.8. The highest BCUT2D eigenvalue weighted by Crippen LogP contribution is 2.49. The van der Waals surface area contributed by atoms with Gasteiger partial charge in [-0.2, -0.15) is 26.3 Å². The number of alkyl halides is 6. The topological polar surface area (TPSA) is 9.86 Å². The lowest BCUT2D eigenvalue weighted by molar-refractivity contribution is -0.138. The molecule has 2 heterocycles. The molecule has 0 aliphatic rings. The summed E-state index contributed by atoms with van der Waals surface area (Å²) in [6, 6.07) is 31.9. The van der Waals surface area contributed by atoms with E-state index in [2.05, 4.69) is 0 Å². The van der Waals surface area contributed by atoms with Crippen molar-refractivity contribution >= 4 is 43.6 Å². The first kappa shape index (κ1) is 30.8. The van der Waals surface area contributed by atoms with Gasteiger partial charge in [0.15, 0.2) is 0 Å². The van der Waals surface area contributed by atoms with Crippen molar-refractivity contribution in [1.29, 1.82) is 0 Å². The Labute approximate surface area is 277 Å². The second-order valence-corrected chi connectivity index (χ2v) is 12.6. The zero-order valence-corrected chi connectivity index (χ0v) is 26.6. The summed E-state index contributed by atoms with van der Waals surface area (Å²) in [5.41, 5.74) is 2.31. The zero-order chi connectivity index (χ0) is 34.4. The van der Waals surface area contributed by atoms with Crippen LogP contribution in [-0.4, -0.2) is 9.13 Å². The monoisotopic (exact) mass is 662 g/mol. The van der Waals surface area contributed by atoms with E-state index in [-0.39, 0.29) is 28.1 Å². The SMILES string of the molecule is Cc1ccc2c3ccccc3n(-c3cc(C(F)(F)F)cc(-n4c5ccccc5c5ccc(C)cc54)c3-c3c(C)cccc3C(F)(F)F)c2c1. The maximum Gasteiger partial charge on any atom is 0.417 e. The number of benzene rings is 6. The number of nitrogens with zero attached hydrogens (tertiary/aromatic N) is 2. The molecule has 0 fully saturated rings. The van der Waals surface area contributed by atoms with Crippen LogP contribution in [-0.2, 0) is 12.4 Å². The summed E-state index contributed by atoms with van der Waals surface area (Å²) in [6.45, 7) is 5.33. The lowest BCUT2D eigenvalue weighted by Gasteiger charge is -2.25. The first-order valence-electron chi connectivity index (χ1n) is 15.8. The van der Waals surface area contributed by atoms with Crippen LogP contribution in [0.5, 0.6) is 0 Å². The van der Waals surface area contributed by atoms with Crippen LogP contribution in [0.1, 0.15) is 27.8 Å². The fourth-order valence-electron chi connectivity index (χ4n) is 7.30. The maximum atomic E-state index is 15.1. The minimum absolute atomic E-state index is 0.00000850. The molecule has 49 heavy (non-hydrogen) atoms. The van der Waals surface area contributed by atoms with Gasteiger partial charge in [-0.25, -0.2) is 0 Å². The summed E-state index contributed by atoms with van der Waals surface area (Å²) in [5.74, 6) is 0. The van der Waals surface area contributed by atoms with Gasteiger partial charge >= 0.3 is 12.4 Å².